The fourth-order valence-corrected chi connectivity index (χ4v) is 4.61. The van der Waals surface area contributed by atoms with Crippen molar-refractivity contribution in [1.82, 2.24) is 4.90 Å². The number of aliphatic carboxylic acids is 1. The van der Waals surface area contributed by atoms with Gasteiger partial charge in [-0.1, -0.05) is 23.9 Å². The molecular formula is C22H27N3O3S. The average molecular weight is 414 g/mol. The number of nitrogens with one attached hydrogen (secondary N) is 1. The SMILES string of the molecule is CC(=O)Nc1ccc(Sc2ccccc2N2CC(C)N(CC(=O)O)CC2C)cc1. The lowest BCUT2D eigenvalue weighted by molar-refractivity contribution is -0.139. The van der Waals surface area contributed by atoms with Crippen LogP contribution in [0.25, 0.3) is 0 Å². The van der Waals surface area contributed by atoms with Crippen LogP contribution in [0, 0.1) is 0 Å². The third-order valence-corrected chi connectivity index (χ3v) is 6.10. The molecule has 0 aromatic heterocycles. The van der Waals surface area contributed by atoms with E-state index in [2.05, 4.69) is 36.2 Å². The summed E-state index contributed by atoms with van der Waals surface area (Å²) >= 11 is 1.69. The zero-order chi connectivity index (χ0) is 21.0. The van der Waals surface area contributed by atoms with Gasteiger partial charge in [-0.2, -0.15) is 0 Å². The van der Waals surface area contributed by atoms with Crippen molar-refractivity contribution >= 4 is 35.0 Å². The van der Waals surface area contributed by atoms with Crippen LogP contribution in [-0.2, 0) is 9.59 Å². The Hall–Kier alpha value is -2.51. The highest BCUT2D eigenvalue weighted by atomic mass is 32.2. The molecule has 1 saturated heterocycles. The summed E-state index contributed by atoms with van der Waals surface area (Å²) in [5.41, 5.74) is 1.95. The van der Waals surface area contributed by atoms with Crippen molar-refractivity contribution in [1.29, 1.82) is 0 Å². The molecule has 0 saturated carbocycles. The van der Waals surface area contributed by atoms with E-state index in [0.29, 0.717) is 0 Å². The molecule has 0 spiro atoms. The number of benzene rings is 2. The van der Waals surface area contributed by atoms with Crippen LogP contribution in [0.2, 0.25) is 0 Å². The Labute approximate surface area is 175 Å². The molecule has 0 aliphatic carbocycles. The fourth-order valence-electron chi connectivity index (χ4n) is 3.65. The van der Waals surface area contributed by atoms with Crippen molar-refractivity contribution < 1.29 is 14.7 Å². The van der Waals surface area contributed by atoms with Gasteiger partial charge in [0.1, 0.15) is 0 Å². The molecule has 6 nitrogen and oxygen atoms in total. The summed E-state index contributed by atoms with van der Waals surface area (Å²) in [7, 11) is 0. The van der Waals surface area contributed by atoms with Crippen molar-refractivity contribution in [3.05, 3.63) is 48.5 Å². The van der Waals surface area contributed by atoms with E-state index >= 15 is 0 Å². The number of rotatable bonds is 6. The lowest BCUT2D eigenvalue weighted by Crippen LogP contribution is -2.57. The Bertz CT molecular complexity index is 872. The standard InChI is InChI=1S/C22H27N3O3S/c1-15-13-25(16(2)12-24(15)14-22(27)28)20-6-4-5-7-21(20)29-19-10-8-18(9-11-19)23-17(3)26/h4-11,15-16H,12-14H2,1-3H3,(H,23,26)(H,27,28). The number of para-hydroxylation sites is 1. The van der Waals surface area contributed by atoms with Crippen LogP contribution in [-0.4, -0.2) is 53.6 Å². The molecule has 3 rings (SSSR count). The Morgan fingerprint density at radius 3 is 2.41 bits per heavy atom. The van der Waals surface area contributed by atoms with E-state index in [1.165, 1.54) is 6.92 Å². The van der Waals surface area contributed by atoms with Crippen molar-refractivity contribution in [2.24, 2.45) is 0 Å². The molecule has 2 aromatic rings. The van der Waals surface area contributed by atoms with Gasteiger partial charge in [-0.15, -0.1) is 0 Å². The van der Waals surface area contributed by atoms with E-state index < -0.39 is 5.97 Å². The molecule has 1 aliphatic rings. The smallest absolute Gasteiger partial charge is 0.317 e. The van der Waals surface area contributed by atoms with Crippen molar-refractivity contribution in [2.75, 3.05) is 29.9 Å². The molecule has 2 unspecified atom stereocenters. The first kappa shape index (κ1) is 21.2. The molecule has 2 aromatic carbocycles. The third kappa shape index (κ3) is 5.52. The predicted molar refractivity (Wildman–Crippen MR) is 117 cm³/mol. The molecule has 0 radical (unpaired) electrons. The van der Waals surface area contributed by atoms with Crippen LogP contribution in [0.1, 0.15) is 20.8 Å². The van der Waals surface area contributed by atoms with Crippen LogP contribution >= 0.6 is 11.8 Å². The second-order valence-electron chi connectivity index (χ2n) is 7.45. The van der Waals surface area contributed by atoms with E-state index in [1.807, 2.05) is 41.3 Å². The number of piperazine rings is 1. The number of carbonyl (C=O) groups is 2. The molecule has 1 fully saturated rings. The van der Waals surface area contributed by atoms with Crippen LogP contribution in [0.4, 0.5) is 11.4 Å². The van der Waals surface area contributed by atoms with Crippen molar-refractivity contribution in [2.45, 2.75) is 42.6 Å². The topological polar surface area (TPSA) is 72.9 Å². The van der Waals surface area contributed by atoms with Gasteiger partial charge in [-0.05, 0) is 50.2 Å². The summed E-state index contributed by atoms with van der Waals surface area (Å²) in [6, 6.07) is 16.5. The lowest BCUT2D eigenvalue weighted by Gasteiger charge is -2.45. The number of carboxylic acid groups (broad SMARTS) is 1. The average Bonchev–Trinajstić information content (AvgIpc) is 2.66. The third-order valence-electron chi connectivity index (χ3n) is 5.03. The van der Waals surface area contributed by atoms with E-state index in [1.54, 1.807) is 11.8 Å². The highest BCUT2D eigenvalue weighted by Gasteiger charge is 2.31. The molecule has 0 bridgehead atoms. The summed E-state index contributed by atoms with van der Waals surface area (Å²) in [5, 5.41) is 11.9. The first-order valence-corrected chi connectivity index (χ1v) is 10.5. The van der Waals surface area contributed by atoms with E-state index in [0.717, 1.165) is 34.3 Å². The second-order valence-corrected chi connectivity index (χ2v) is 8.56. The molecule has 2 N–H and O–H groups in total. The van der Waals surface area contributed by atoms with Gasteiger partial charge in [0.2, 0.25) is 5.91 Å². The molecule has 1 amide bonds. The van der Waals surface area contributed by atoms with Gasteiger partial charge in [-0.3, -0.25) is 14.5 Å². The number of amides is 1. The maximum atomic E-state index is 11.2. The first-order chi connectivity index (χ1) is 13.8. The van der Waals surface area contributed by atoms with Crippen molar-refractivity contribution in [3.8, 4) is 0 Å². The van der Waals surface area contributed by atoms with E-state index in [-0.39, 0.29) is 24.5 Å². The fraction of sp³-hybridized carbons (Fsp3) is 0.364. The summed E-state index contributed by atoms with van der Waals surface area (Å²) in [4.78, 5) is 29.0. The maximum absolute atomic E-state index is 11.2. The van der Waals surface area contributed by atoms with E-state index in [9.17, 15) is 9.59 Å². The summed E-state index contributed by atoms with van der Waals surface area (Å²) in [6.45, 7) is 7.31. The lowest BCUT2D eigenvalue weighted by atomic mass is 10.1. The summed E-state index contributed by atoms with van der Waals surface area (Å²) < 4.78 is 0. The Morgan fingerprint density at radius 1 is 1.07 bits per heavy atom. The molecule has 1 aliphatic heterocycles. The Kier molecular flexibility index (Phi) is 6.82. The molecular weight excluding hydrogens is 386 g/mol. The van der Waals surface area contributed by atoms with E-state index in [4.69, 9.17) is 5.11 Å². The summed E-state index contributed by atoms with van der Waals surface area (Å²) in [6.07, 6.45) is 0. The number of carbonyl (C=O) groups excluding carboxylic acids is 1. The largest absolute Gasteiger partial charge is 0.480 e. The second kappa shape index (κ2) is 9.33. The number of hydrogen-bond donors (Lipinski definition) is 2. The van der Waals surface area contributed by atoms with Crippen molar-refractivity contribution in [3.63, 3.8) is 0 Å². The monoisotopic (exact) mass is 413 g/mol. The minimum Gasteiger partial charge on any atom is -0.480 e. The van der Waals surface area contributed by atoms with Crippen LogP contribution < -0.4 is 10.2 Å². The van der Waals surface area contributed by atoms with Crippen LogP contribution in [0.5, 0.6) is 0 Å². The van der Waals surface area contributed by atoms with Crippen LogP contribution in [0.15, 0.2) is 58.3 Å². The number of carboxylic acids is 1. The van der Waals surface area contributed by atoms with Gasteiger partial charge >= 0.3 is 5.97 Å². The highest BCUT2D eigenvalue weighted by molar-refractivity contribution is 7.99. The normalized spacial score (nSPS) is 19.8. The zero-order valence-electron chi connectivity index (χ0n) is 17.0. The zero-order valence-corrected chi connectivity index (χ0v) is 17.8. The first-order valence-electron chi connectivity index (χ1n) is 9.70. The molecule has 29 heavy (non-hydrogen) atoms. The van der Waals surface area contributed by atoms with Gasteiger partial charge < -0.3 is 15.3 Å². The molecule has 154 valence electrons. The van der Waals surface area contributed by atoms with Gasteiger partial charge in [0.15, 0.2) is 0 Å². The minimum absolute atomic E-state index is 0.0798. The minimum atomic E-state index is -0.781. The molecule has 7 heteroatoms. The number of hydrogen-bond acceptors (Lipinski definition) is 5. The number of anilines is 2. The predicted octanol–water partition coefficient (Wildman–Crippen LogP) is 3.78. The summed E-state index contributed by atoms with van der Waals surface area (Å²) in [5.74, 6) is -0.864. The Balaban J connectivity index is 1.77. The molecule has 1 heterocycles. The maximum Gasteiger partial charge on any atom is 0.317 e. The molecule has 2 atom stereocenters. The van der Waals surface area contributed by atoms with Gasteiger partial charge in [0.25, 0.3) is 0 Å². The van der Waals surface area contributed by atoms with Gasteiger partial charge in [-0.25, -0.2) is 0 Å². The van der Waals surface area contributed by atoms with Gasteiger partial charge in [0, 0.05) is 47.6 Å². The Morgan fingerprint density at radius 2 is 1.76 bits per heavy atom. The highest BCUT2D eigenvalue weighted by Crippen LogP contribution is 2.37. The quantitative estimate of drug-likeness (QED) is 0.751. The van der Waals surface area contributed by atoms with Gasteiger partial charge in [0.05, 0.1) is 12.2 Å². The number of nitrogens with zero attached hydrogens (tertiary/aromatic N) is 2. The van der Waals surface area contributed by atoms with Crippen LogP contribution in [0.3, 0.4) is 0 Å².